The summed E-state index contributed by atoms with van der Waals surface area (Å²) in [6, 6.07) is 3.64. The second kappa shape index (κ2) is 4.86. The fraction of sp³-hybridized carbons (Fsp3) is 0.533. The van der Waals surface area contributed by atoms with E-state index in [0.29, 0.717) is 15.6 Å². The van der Waals surface area contributed by atoms with Gasteiger partial charge in [-0.05, 0) is 46.9 Å². The summed E-state index contributed by atoms with van der Waals surface area (Å²) in [5, 5.41) is 0. The summed E-state index contributed by atoms with van der Waals surface area (Å²) in [5.74, 6) is 0.300. The first kappa shape index (κ1) is 14.1. The van der Waals surface area contributed by atoms with Crippen LogP contribution in [-0.2, 0) is 0 Å². The quantitative estimate of drug-likeness (QED) is 0.733. The molecule has 0 bridgehead atoms. The Morgan fingerprint density at radius 2 is 2.15 bits per heavy atom. The monoisotopic (exact) mass is 387 g/mol. The molecule has 0 spiro atoms. The SMILES string of the molecule is CC1(C)CCCCC1n1c(N)nc2cc(I)c(F)cc21. The van der Waals surface area contributed by atoms with Gasteiger partial charge < -0.3 is 10.3 Å². The number of hydrogen-bond donors (Lipinski definition) is 1. The number of hydrogen-bond acceptors (Lipinski definition) is 2. The third-order valence-electron chi connectivity index (χ3n) is 4.52. The molecule has 1 aromatic carbocycles. The van der Waals surface area contributed by atoms with Gasteiger partial charge in [-0.1, -0.05) is 26.7 Å². The molecule has 1 aliphatic rings. The van der Waals surface area contributed by atoms with Crippen LogP contribution in [0.4, 0.5) is 10.3 Å². The van der Waals surface area contributed by atoms with Crippen molar-refractivity contribution in [2.24, 2.45) is 5.41 Å². The molecule has 0 aliphatic heterocycles. The van der Waals surface area contributed by atoms with Gasteiger partial charge in [-0.2, -0.15) is 0 Å². The average molecular weight is 387 g/mol. The first-order valence-electron chi connectivity index (χ1n) is 7.02. The summed E-state index contributed by atoms with van der Waals surface area (Å²) < 4.78 is 16.5. The number of nitrogens with two attached hydrogens (primary N) is 1. The molecule has 0 saturated heterocycles. The van der Waals surface area contributed by atoms with Crippen molar-refractivity contribution >= 4 is 39.6 Å². The highest BCUT2D eigenvalue weighted by molar-refractivity contribution is 14.1. The summed E-state index contributed by atoms with van der Waals surface area (Å²) in [6.07, 6.45) is 4.70. The topological polar surface area (TPSA) is 43.8 Å². The molecule has 3 nitrogen and oxygen atoms in total. The maximum atomic E-state index is 13.9. The van der Waals surface area contributed by atoms with E-state index in [0.717, 1.165) is 17.5 Å². The molecule has 1 unspecified atom stereocenters. The lowest BCUT2D eigenvalue weighted by Crippen LogP contribution is -2.31. The third-order valence-corrected chi connectivity index (χ3v) is 5.35. The number of halogens is 2. The van der Waals surface area contributed by atoms with Crippen LogP contribution in [0, 0.1) is 14.8 Å². The van der Waals surface area contributed by atoms with Crippen LogP contribution in [0.3, 0.4) is 0 Å². The summed E-state index contributed by atoms with van der Waals surface area (Å²) >= 11 is 1.99. The molecule has 2 aromatic rings. The lowest BCUT2D eigenvalue weighted by molar-refractivity contribution is 0.149. The number of nitrogens with zero attached hydrogens (tertiary/aromatic N) is 2. The van der Waals surface area contributed by atoms with Crippen molar-refractivity contribution in [1.29, 1.82) is 0 Å². The van der Waals surface area contributed by atoms with Gasteiger partial charge in [0.15, 0.2) is 0 Å². The predicted molar refractivity (Wildman–Crippen MR) is 88.1 cm³/mol. The van der Waals surface area contributed by atoms with Crippen molar-refractivity contribution in [3.8, 4) is 0 Å². The van der Waals surface area contributed by atoms with Crippen molar-refractivity contribution in [2.45, 2.75) is 45.6 Å². The highest BCUT2D eigenvalue weighted by atomic mass is 127. The molecule has 5 heteroatoms. The van der Waals surface area contributed by atoms with Gasteiger partial charge in [0.25, 0.3) is 0 Å². The van der Waals surface area contributed by atoms with Gasteiger partial charge in [0.2, 0.25) is 5.95 Å². The van der Waals surface area contributed by atoms with Crippen molar-refractivity contribution in [1.82, 2.24) is 9.55 Å². The zero-order valence-electron chi connectivity index (χ0n) is 11.8. The van der Waals surface area contributed by atoms with Gasteiger partial charge in [-0.3, -0.25) is 0 Å². The Labute approximate surface area is 131 Å². The second-order valence-electron chi connectivity index (χ2n) is 6.35. The zero-order valence-corrected chi connectivity index (χ0v) is 13.9. The largest absolute Gasteiger partial charge is 0.369 e. The molecule has 0 radical (unpaired) electrons. The molecule has 1 aromatic heterocycles. The number of benzene rings is 1. The van der Waals surface area contributed by atoms with E-state index in [4.69, 9.17) is 5.73 Å². The minimum atomic E-state index is -0.201. The minimum Gasteiger partial charge on any atom is -0.369 e. The number of fused-ring (bicyclic) bond motifs is 1. The van der Waals surface area contributed by atoms with E-state index in [1.165, 1.54) is 19.3 Å². The Kier molecular flexibility index (Phi) is 3.43. The van der Waals surface area contributed by atoms with E-state index in [1.54, 1.807) is 12.1 Å². The lowest BCUT2D eigenvalue weighted by Gasteiger charge is -2.40. The number of anilines is 1. The molecule has 108 valence electrons. The van der Waals surface area contributed by atoms with E-state index in [1.807, 2.05) is 27.2 Å². The smallest absolute Gasteiger partial charge is 0.201 e. The van der Waals surface area contributed by atoms with E-state index in [9.17, 15) is 4.39 Å². The summed E-state index contributed by atoms with van der Waals surface area (Å²) in [5.41, 5.74) is 7.91. The minimum absolute atomic E-state index is 0.166. The molecule has 1 atom stereocenters. The van der Waals surface area contributed by atoms with Crippen LogP contribution in [0.5, 0.6) is 0 Å². The van der Waals surface area contributed by atoms with Gasteiger partial charge in [-0.15, -0.1) is 0 Å². The maximum Gasteiger partial charge on any atom is 0.201 e. The first-order valence-corrected chi connectivity index (χ1v) is 8.10. The van der Waals surface area contributed by atoms with Crippen molar-refractivity contribution < 1.29 is 4.39 Å². The standard InChI is InChI=1S/C15H19FIN3/c1-15(2)6-4-3-5-13(15)20-12-7-9(16)10(17)8-11(12)19-14(20)18/h7-8,13H,3-6H2,1-2H3,(H2,18,19). The van der Waals surface area contributed by atoms with Gasteiger partial charge in [0.05, 0.1) is 14.6 Å². The molecule has 1 aliphatic carbocycles. The second-order valence-corrected chi connectivity index (χ2v) is 7.51. The van der Waals surface area contributed by atoms with Gasteiger partial charge in [0.1, 0.15) is 5.82 Å². The molecule has 1 fully saturated rings. The molecule has 0 amide bonds. The molecule has 3 rings (SSSR count). The van der Waals surface area contributed by atoms with Crippen LogP contribution < -0.4 is 5.73 Å². The molecule has 1 saturated carbocycles. The van der Waals surface area contributed by atoms with Crippen molar-refractivity contribution in [3.05, 3.63) is 21.5 Å². The van der Waals surface area contributed by atoms with E-state index in [2.05, 4.69) is 18.8 Å². The van der Waals surface area contributed by atoms with E-state index in [-0.39, 0.29) is 11.2 Å². The normalized spacial score (nSPS) is 22.3. The fourth-order valence-electron chi connectivity index (χ4n) is 3.39. The lowest BCUT2D eigenvalue weighted by atomic mass is 9.73. The Balaban J connectivity index is 2.20. The predicted octanol–water partition coefficient (Wildman–Crippen LogP) is 4.50. The molecule has 2 N–H and O–H groups in total. The van der Waals surface area contributed by atoms with Gasteiger partial charge in [-0.25, -0.2) is 9.37 Å². The Bertz CT molecular complexity index is 663. The molecular formula is C15H19FIN3. The van der Waals surface area contributed by atoms with Gasteiger partial charge >= 0.3 is 0 Å². The first-order chi connectivity index (χ1) is 9.40. The van der Waals surface area contributed by atoms with E-state index < -0.39 is 0 Å². The summed E-state index contributed by atoms with van der Waals surface area (Å²) in [6.45, 7) is 4.54. The van der Waals surface area contributed by atoms with Crippen molar-refractivity contribution in [3.63, 3.8) is 0 Å². The molecule has 1 heterocycles. The van der Waals surface area contributed by atoms with Crippen LogP contribution in [0.25, 0.3) is 11.0 Å². The zero-order chi connectivity index (χ0) is 14.5. The Morgan fingerprint density at radius 3 is 2.85 bits per heavy atom. The molecule has 20 heavy (non-hydrogen) atoms. The number of rotatable bonds is 1. The Hall–Kier alpha value is -0.850. The van der Waals surface area contributed by atoms with Crippen LogP contribution >= 0.6 is 22.6 Å². The third kappa shape index (κ3) is 2.19. The number of aromatic nitrogens is 2. The number of imidazole rings is 1. The summed E-state index contributed by atoms with van der Waals surface area (Å²) in [4.78, 5) is 4.43. The highest BCUT2D eigenvalue weighted by Crippen LogP contribution is 2.46. The highest BCUT2D eigenvalue weighted by Gasteiger charge is 2.35. The van der Waals surface area contributed by atoms with Crippen LogP contribution in [0.2, 0.25) is 0 Å². The van der Waals surface area contributed by atoms with Crippen LogP contribution in [0.15, 0.2) is 12.1 Å². The van der Waals surface area contributed by atoms with E-state index >= 15 is 0 Å². The average Bonchev–Trinajstić information content (AvgIpc) is 2.65. The fourth-order valence-corrected chi connectivity index (χ4v) is 3.84. The Morgan fingerprint density at radius 1 is 1.40 bits per heavy atom. The van der Waals surface area contributed by atoms with Crippen LogP contribution in [0.1, 0.15) is 45.6 Å². The maximum absolute atomic E-state index is 13.9. The summed E-state index contributed by atoms with van der Waals surface area (Å²) in [7, 11) is 0. The van der Waals surface area contributed by atoms with Crippen molar-refractivity contribution in [2.75, 3.05) is 5.73 Å². The number of nitrogen functional groups attached to an aromatic ring is 1. The van der Waals surface area contributed by atoms with Gasteiger partial charge in [0, 0.05) is 12.1 Å². The molecular weight excluding hydrogens is 368 g/mol. The van der Waals surface area contributed by atoms with Crippen LogP contribution in [-0.4, -0.2) is 9.55 Å².